The molecule has 2 saturated carbocycles. The average molecular weight is 424 g/mol. The Kier molecular flexibility index (Phi) is 6.28. The van der Waals surface area contributed by atoms with Gasteiger partial charge in [0.2, 0.25) is 5.91 Å². The maximum absolute atomic E-state index is 12.7. The first kappa shape index (κ1) is 21.5. The van der Waals surface area contributed by atoms with Crippen molar-refractivity contribution in [3.8, 4) is 0 Å². The number of carbonyl (C=O) groups is 1. The largest absolute Gasteiger partial charge is 0.416 e. The van der Waals surface area contributed by atoms with Crippen LogP contribution in [0.3, 0.4) is 0 Å². The van der Waals surface area contributed by atoms with Crippen LogP contribution in [-0.2, 0) is 11.0 Å². The second-order valence-electron chi connectivity index (χ2n) is 9.40. The zero-order chi connectivity index (χ0) is 21.3. The van der Waals surface area contributed by atoms with Gasteiger partial charge in [-0.05, 0) is 68.2 Å². The zero-order valence-corrected chi connectivity index (χ0v) is 17.6. The molecule has 7 heteroatoms. The molecule has 166 valence electrons. The Balaban J connectivity index is 1.18. The number of anilines is 1. The molecule has 1 aromatic rings. The van der Waals surface area contributed by atoms with Crippen LogP contribution in [0.2, 0.25) is 0 Å². The summed E-state index contributed by atoms with van der Waals surface area (Å²) in [5.41, 5.74) is 0.235. The van der Waals surface area contributed by atoms with E-state index in [1.807, 2.05) is 0 Å². The molecule has 1 heterocycles. The van der Waals surface area contributed by atoms with Gasteiger partial charge in [-0.1, -0.05) is 6.92 Å². The molecule has 0 bridgehead atoms. The van der Waals surface area contributed by atoms with E-state index in [2.05, 4.69) is 22.0 Å². The topological polar surface area (TPSA) is 35.6 Å². The van der Waals surface area contributed by atoms with E-state index in [-0.39, 0.29) is 11.8 Å². The molecule has 2 aliphatic carbocycles. The number of rotatable bonds is 5. The maximum Gasteiger partial charge on any atom is 0.416 e. The normalized spacial score (nSPS) is 30.2. The molecule has 1 saturated heterocycles. The summed E-state index contributed by atoms with van der Waals surface area (Å²) in [7, 11) is 0. The Morgan fingerprint density at radius 1 is 1.03 bits per heavy atom. The molecule has 1 N–H and O–H groups in total. The smallest absolute Gasteiger partial charge is 0.369 e. The number of benzene rings is 1. The standard InChI is InChI=1S/C23H32F3N3O/c1-16-2-6-19(7-3-16)27-22(30)21-14-17(21)15-28-10-12-29(13-11-28)20-8-4-18(5-9-20)23(24,25)26/h4-5,8-9,16-17,19,21H,2-3,6-7,10-15H2,1H3,(H,27,30). The first-order chi connectivity index (χ1) is 14.3. The predicted octanol–water partition coefficient (Wildman–Crippen LogP) is 4.16. The third-order valence-electron chi connectivity index (χ3n) is 7.05. The van der Waals surface area contributed by atoms with Gasteiger partial charge in [-0.15, -0.1) is 0 Å². The molecule has 4 rings (SSSR count). The van der Waals surface area contributed by atoms with Crippen molar-refractivity contribution in [2.45, 2.75) is 51.2 Å². The summed E-state index contributed by atoms with van der Waals surface area (Å²) in [5.74, 6) is 1.64. The van der Waals surface area contributed by atoms with Gasteiger partial charge in [0, 0.05) is 50.4 Å². The molecule has 4 nitrogen and oxygen atoms in total. The molecule has 0 aromatic heterocycles. The van der Waals surface area contributed by atoms with Gasteiger partial charge < -0.3 is 10.2 Å². The van der Waals surface area contributed by atoms with Crippen LogP contribution in [0.4, 0.5) is 18.9 Å². The Morgan fingerprint density at radius 3 is 2.27 bits per heavy atom. The van der Waals surface area contributed by atoms with Crippen molar-refractivity contribution in [1.82, 2.24) is 10.2 Å². The van der Waals surface area contributed by atoms with Gasteiger partial charge in [-0.2, -0.15) is 13.2 Å². The lowest BCUT2D eigenvalue weighted by Gasteiger charge is -2.36. The van der Waals surface area contributed by atoms with Gasteiger partial charge in [0.15, 0.2) is 0 Å². The Bertz CT molecular complexity index is 720. The monoisotopic (exact) mass is 423 g/mol. The summed E-state index contributed by atoms with van der Waals surface area (Å²) < 4.78 is 38.2. The molecule has 3 fully saturated rings. The summed E-state index contributed by atoms with van der Waals surface area (Å²) >= 11 is 0. The highest BCUT2D eigenvalue weighted by Crippen LogP contribution is 2.40. The average Bonchev–Trinajstić information content (AvgIpc) is 3.49. The SMILES string of the molecule is CC1CCC(NC(=O)C2CC2CN2CCN(c3ccc(C(F)(F)F)cc3)CC2)CC1. The van der Waals surface area contributed by atoms with Crippen molar-refractivity contribution in [1.29, 1.82) is 0 Å². The summed E-state index contributed by atoms with van der Waals surface area (Å²) in [6, 6.07) is 5.80. The number of hydrogen-bond donors (Lipinski definition) is 1. The van der Waals surface area contributed by atoms with Gasteiger partial charge in [-0.3, -0.25) is 9.69 Å². The van der Waals surface area contributed by atoms with Crippen molar-refractivity contribution in [2.75, 3.05) is 37.6 Å². The van der Waals surface area contributed by atoms with Crippen LogP contribution >= 0.6 is 0 Å². The van der Waals surface area contributed by atoms with E-state index in [0.29, 0.717) is 12.0 Å². The fourth-order valence-corrected chi connectivity index (χ4v) is 4.86. The molecular formula is C23H32F3N3O. The maximum atomic E-state index is 12.7. The van der Waals surface area contributed by atoms with Gasteiger partial charge in [-0.25, -0.2) is 0 Å². The van der Waals surface area contributed by atoms with E-state index in [0.717, 1.165) is 75.7 Å². The Hall–Kier alpha value is -1.76. The molecule has 0 radical (unpaired) electrons. The van der Waals surface area contributed by atoms with E-state index in [9.17, 15) is 18.0 Å². The van der Waals surface area contributed by atoms with Crippen molar-refractivity contribution in [2.24, 2.45) is 17.8 Å². The lowest BCUT2D eigenvalue weighted by atomic mass is 9.87. The van der Waals surface area contributed by atoms with Crippen LogP contribution in [0.5, 0.6) is 0 Å². The highest BCUT2D eigenvalue weighted by Gasteiger charge is 2.44. The summed E-state index contributed by atoms with van der Waals surface area (Å²) in [4.78, 5) is 17.1. The number of nitrogens with one attached hydrogen (secondary N) is 1. The van der Waals surface area contributed by atoms with E-state index in [1.54, 1.807) is 12.1 Å². The van der Waals surface area contributed by atoms with Crippen LogP contribution in [0, 0.1) is 17.8 Å². The highest BCUT2D eigenvalue weighted by atomic mass is 19.4. The van der Waals surface area contributed by atoms with Crippen molar-refractivity contribution in [3.05, 3.63) is 29.8 Å². The molecular weight excluding hydrogens is 391 g/mol. The number of hydrogen-bond acceptors (Lipinski definition) is 3. The Labute approximate surface area is 176 Å². The fourth-order valence-electron chi connectivity index (χ4n) is 4.86. The summed E-state index contributed by atoms with van der Waals surface area (Å²) in [6.07, 6.45) is 1.32. The highest BCUT2D eigenvalue weighted by molar-refractivity contribution is 5.81. The number of amides is 1. The first-order valence-electron chi connectivity index (χ1n) is 11.2. The van der Waals surface area contributed by atoms with Crippen LogP contribution in [0.15, 0.2) is 24.3 Å². The van der Waals surface area contributed by atoms with Crippen LogP contribution in [0.25, 0.3) is 0 Å². The van der Waals surface area contributed by atoms with E-state index >= 15 is 0 Å². The van der Waals surface area contributed by atoms with Gasteiger partial charge in [0.1, 0.15) is 0 Å². The lowest BCUT2D eigenvalue weighted by Crippen LogP contribution is -2.47. The summed E-state index contributed by atoms with van der Waals surface area (Å²) in [6.45, 7) is 6.59. The van der Waals surface area contributed by atoms with Gasteiger partial charge >= 0.3 is 6.18 Å². The minimum atomic E-state index is -4.29. The van der Waals surface area contributed by atoms with E-state index < -0.39 is 11.7 Å². The van der Waals surface area contributed by atoms with Gasteiger partial charge in [0.05, 0.1) is 5.56 Å². The fraction of sp³-hybridized carbons (Fsp3) is 0.696. The molecule has 1 aliphatic heterocycles. The van der Waals surface area contributed by atoms with Gasteiger partial charge in [0.25, 0.3) is 0 Å². The second kappa shape index (κ2) is 8.77. The molecule has 1 amide bonds. The molecule has 3 aliphatic rings. The molecule has 2 atom stereocenters. The zero-order valence-electron chi connectivity index (χ0n) is 17.6. The lowest BCUT2D eigenvalue weighted by molar-refractivity contribution is -0.137. The van der Waals surface area contributed by atoms with Crippen LogP contribution in [0.1, 0.15) is 44.6 Å². The first-order valence-corrected chi connectivity index (χ1v) is 11.2. The minimum absolute atomic E-state index is 0.164. The molecule has 30 heavy (non-hydrogen) atoms. The second-order valence-corrected chi connectivity index (χ2v) is 9.40. The van der Waals surface area contributed by atoms with Crippen molar-refractivity contribution in [3.63, 3.8) is 0 Å². The number of nitrogens with zero attached hydrogens (tertiary/aromatic N) is 2. The van der Waals surface area contributed by atoms with Crippen molar-refractivity contribution >= 4 is 11.6 Å². The summed E-state index contributed by atoms with van der Waals surface area (Å²) in [5, 5.41) is 3.27. The number of piperazine rings is 1. The number of carbonyl (C=O) groups excluding carboxylic acids is 1. The van der Waals surface area contributed by atoms with Crippen LogP contribution in [-0.4, -0.2) is 49.6 Å². The minimum Gasteiger partial charge on any atom is -0.369 e. The van der Waals surface area contributed by atoms with E-state index in [1.165, 1.54) is 12.8 Å². The predicted molar refractivity (Wildman–Crippen MR) is 111 cm³/mol. The molecule has 1 aromatic carbocycles. The molecule has 0 spiro atoms. The number of halogens is 3. The van der Waals surface area contributed by atoms with E-state index in [4.69, 9.17) is 0 Å². The third kappa shape index (κ3) is 5.29. The quantitative estimate of drug-likeness (QED) is 0.773. The van der Waals surface area contributed by atoms with Crippen molar-refractivity contribution < 1.29 is 18.0 Å². The number of alkyl halides is 3. The van der Waals surface area contributed by atoms with Crippen LogP contribution < -0.4 is 10.2 Å². The third-order valence-corrected chi connectivity index (χ3v) is 7.05. The Morgan fingerprint density at radius 2 is 1.67 bits per heavy atom. The molecule has 2 unspecified atom stereocenters.